The molecule has 6 nitrogen and oxygen atoms in total. The van der Waals surface area contributed by atoms with Crippen LogP contribution in [0.3, 0.4) is 0 Å². The third kappa shape index (κ3) is 3.07. The number of nitrogens with one attached hydrogen (secondary N) is 2. The average molecular weight is 396 g/mol. The van der Waals surface area contributed by atoms with Crippen molar-refractivity contribution in [3.05, 3.63) is 83.8 Å². The number of nitrogens with zero attached hydrogens (tertiary/aromatic N) is 2. The van der Waals surface area contributed by atoms with Gasteiger partial charge in [-0.25, -0.2) is 4.98 Å². The van der Waals surface area contributed by atoms with Crippen molar-refractivity contribution in [3.8, 4) is 11.3 Å². The van der Waals surface area contributed by atoms with E-state index in [9.17, 15) is 9.90 Å². The van der Waals surface area contributed by atoms with E-state index in [0.29, 0.717) is 5.69 Å². The van der Waals surface area contributed by atoms with E-state index >= 15 is 0 Å². The van der Waals surface area contributed by atoms with Crippen LogP contribution in [-0.2, 0) is 0 Å². The smallest absolute Gasteiger partial charge is 0.190 e. The zero-order valence-electron chi connectivity index (χ0n) is 16.4. The Morgan fingerprint density at radius 3 is 2.67 bits per heavy atom. The van der Waals surface area contributed by atoms with Gasteiger partial charge in [-0.15, -0.1) is 0 Å². The Balaban J connectivity index is 1.57. The van der Waals surface area contributed by atoms with Gasteiger partial charge in [-0.05, 0) is 42.8 Å². The minimum Gasteiger partial charge on any atom is -0.395 e. The monoisotopic (exact) mass is 396 g/mol. The third-order valence-corrected chi connectivity index (χ3v) is 5.43. The maximum absolute atomic E-state index is 13.1. The highest BCUT2D eigenvalue weighted by Crippen LogP contribution is 2.31. The number of benzene rings is 2. The summed E-state index contributed by atoms with van der Waals surface area (Å²) in [6.07, 6.45) is 1.79. The largest absolute Gasteiger partial charge is 0.395 e. The molecule has 5 rings (SSSR count). The molecule has 6 heteroatoms. The number of rotatable bonds is 5. The molecule has 3 N–H and O–H groups in total. The summed E-state index contributed by atoms with van der Waals surface area (Å²) in [6, 6.07) is 19.1. The summed E-state index contributed by atoms with van der Waals surface area (Å²) >= 11 is 0. The Morgan fingerprint density at radius 2 is 1.90 bits per heavy atom. The highest BCUT2D eigenvalue weighted by molar-refractivity contribution is 6.07. The second-order valence-corrected chi connectivity index (χ2v) is 7.42. The Hall–Kier alpha value is -3.77. The molecule has 0 unspecified atom stereocenters. The Labute approximate surface area is 172 Å². The zero-order valence-corrected chi connectivity index (χ0v) is 16.4. The number of aliphatic hydroxyl groups excluding tert-OH is 1. The summed E-state index contributed by atoms with van der Waals surface area (Å²) in [4.78, 5) is 21.9. The molecule has 0 spiro atoms. The van der Waals surface area contributed by atoms with Crippen molar-refractivity contribution in [1.82, 2.24) is 20.2 Å². The number of aliphatic hydroxyl groups is 1. The lowest BCUT2D eigenvalue weighted by molar-refractivity contribution is 0.0918. The van der Waals surface area contributed by atoms with Crippen LogP contribution in [0.15, 0.2) is 66.9 Å². The SMILES string of the molecule is Cc1cc(-c2[nH][nH]c3cc4nc(C(=O)[C@H](CO)c5ccccc5)cc4cc23)ccn1. The normalized spacial score (nSPS) is 12.5. The molecule has 0 aliphatic heterocycles. The highest BCUT2D eigenvalue weighted by Gasteiger charge is 2.23. The predicted octanol–water partition coefficient (Wildman–Crippen LogP) is 4.37. The Bertz CT molecular complexity index is 1370. The first kappa shape index (κ1) is 18.3. The summed E-state index contributed by atoms with van der Waals surface area (Å²) < 4.78 is 0. The maximum Gasteiger partial charge on any atom is 0.190 e. The summed E-state index contributed by atoms with van der Waals surface area (Å²) in [5.74, 6) is -0.802. The maximum atomic E-state index is 13.1. The van der Waals surface area contributed by atoms with E-state index in [2.05, 4.69) is 20.2 Å². The number of aromatic amines is 2. The molecule has 0 fully saturated rings. The van der Waals surface area contributed by atoms with Crippen LogP contribution in [0.1, 0.15) is 27.7 Å². The van der Waals surface area contributed by atoms with E-state index in [1.54, 1.807) is 12.3 Å². The van der Waals surface area contributed by atoms with Crippen LogP contribution in [0.2, 0.25) is 0 Å². The van der Waals surface area contributed by atoms with Crippen molar-refractivity contribution in [2.24, 2.45) is 0 Å². The number of aryl methyl sites for hydroxylation is 1. The van der Waals surface area contributed by atoms with Crippen LogP contribution >= 0.6 is 0 Å². The van der Waals surface area contributed by atoms with Gasteiger partial charge in [0.05, 0.1) is 29.3 Å². The van der Waals surface area contributed by atoms with Crippen molar-refractivity contribution in [1.29, 1.82) is 0 Å². The molecule has 0 amide bonds. The summed E-state index contributed by atoms with van der Waals surface area (Å²) in [5.41, 5.74) is 5.74. The summed E-state index contributed by atoms with van der Waals surface area (Å²) in [6.45, 7) is 1.70. The predicted molar refractivity (Wildman–Crippen MR) is 117 cm³/mol. The number of pyridine rings is 1. The van der Waals surface area contributed by atoms with Gasteiger partial charge in [0.25, 0.3) is 0 Å². The lowest BCUT2D eigenvalue weighted by Gasteiger charge is -2.11. The molecule has 0 bridgehead atoms. The number of hydrogen-bond acceptors (Lipinski definition) is 4. The molecule has 0 radical (unpaired) electrons. The zero-order chi connectivity index (χ0) is 20.7. The van der Waals surface area contributed by atoms with Crippen molar-refractivity contribution in [3.63, 3.8) is 0 Å². The van der Waals surface area contributed by atoms with Gasteiger partial charge in [0, 0.05) is 28.2 Å². The number of ketones is 1. The number of aromatic nitrogens is 4. The van der Waals surface area contributed by atoms with E-state index in [1.165, 1.54) is 0 Å². The van der Waals surface area contributed by atoms with E-state index in [4.69, 9.17) is 0 Å². The fourth-order valence-electron chi connectivity index (χ4n) is 3.89. The number of hydrogen-bond donors (Lipinski definition) is 3. The van der Waals surface area contributed by atoms with Gasteiger partial charge in [0.1, 0.15) is 5.69 Å². The Kier molecular flexibility index (Phi) is 4.41. The summed E-state index contributed by atoms with van der Waals surface area (Å²) in [7, 11) is 0. The second kappa shape index (κ2) is 7.24. The van der Waals surface area contributed by atoms with E-state index in [0.717, 1.165) is 44.3 Å². The third-order valence-electron chi connectivity index (χ3n) is 5.43. The first-order valence-corrected chi connectivity index (χ1v) is 9.78. The topological polar surface area (TPSA) is 94.7 Å². The highest BCUT2D eigenvalue weighted by atomic mass is 16.3. The van der Waals surface area contributed by atoms with Crippen LogP contribution in [-0.4, -0.2) is 37.7 Å². The molecular weight excluding hydrogens is 376 g/mol. The summed E-state index contributed by atoms with van der Waals surface area (Å²) in [5, 5.41) is 18.1. The molecule has 0 saturated carbocycles. The number of Topliss-reactive ketones (excluding diaryl/α,β-unsaturated/α-hetero) is 1. The van der Waals surface area contributed by atoms with E-state index in [1.807, 2.05) is 61.5 Å². The van der Waals surface area contributed by atoms with Crippen molar-refractivity contribution < 1.29 is 9.90 Å². The molecule has 5 aromatic rings. The molecule has 0 aliphatic rings. The second-order valence-electron chi connectivity index (χ2n) is 7.42. The molecular formula is C24H20N4O2. The lowest BCUT2D eigenvalue weighted by atomic mass is 9.94. The van der Waals surface area contributed by atoms with Crippen molar-refractivity contribution >= 4 is 27.6 Å². The van der Waals surface area contributed by atoms with Gasteiger partial charge in [-0.3, -0.25) is 14.9 Å². The number of fused-ring (bicyclic) bond motifs is 2. The molecule has 1 atom stereocenters. The molecule has 2 aromatic carbocycles. The number of carbonyl (C=O) groups is 1. The molecule has 0 saturated heterocycles. The van der Waals surface area contributed by atoms with Gasteiger partial charge in [-0.2, -0.15) is 0 Å². The van der Waals surface area contributed by atoms with Gasteiger partial charge in [0.2, 0.25) is 0 Å². The lowest BCUT2D eigenvalue weighted by Crippen LogP contribution is -2.17. The van der Waals surface area contributed by atoms with Crippen LogP contribution in [0.4, 0.5) is 0 Å². The first-order valence-electron chi connectivity index (χ1n) is 9.78. The van der Waals surface area contributed by atoms with Crippen molar-refractivity contribution in [2.75, 3.05) is 6.61 Å². The Morgan fingerprint density at radius 1 is 1.07 bits per heavy atom. The van der Waals surface area contributed by atoms with Gasteiger partial charge in [-0.1, -0.05) is 30.3 Å². The minimum atomic E-state index is -0.621. The molecule has 3 heterocycles. The first-order chi connectivity index (χ1) is 14.6. The van der Waals surface area contributed by atoms with Gasteiger partial charge in [0.15, 0.2) is 5.78 Å². The molecule has 148 valence electrons. The molecule has 3 aromatic heterocycles. The number of carbonyl (C=O) groups excluding carboxylic acids is 1. The fourth-order valence-corrected chi connectivity index (χ4v) is 3.89. The van der Waals surface area contributed by atoms with Crippen molar-refractivity contribution in [2.45, 2.75) is 12.8 Å². The van der Waals surface area contributed by atoms with Gasteiger partial charge < -0.3 is 10.2 Å². The molecule has 30 heavy (non-hydrogen) atoms. The van der Waals surface area contributed by atoms with E-state index < -0.39 is 5.92 Å². The minimum absolute atomic E-state index is 0.180. The van der Waals surface area contributed by atoms with Crippen LogP contribution < -0.4 is 0 Å². The molecule has 0 aliphatic carbocycles. The van der Waals surface area contributed by atoms with Crippen LogP contribution in [0.5, 0.6) is 0 Å². The van der Waals surface area contributed by atoms with Crippen LogP contribution in [0.25, 0.3) is 33.1 Å². The van der Waals surface area contributed by atoms with Gasteiger partial charge >= 0.3 is 0 Å². The average Bonchev–Trinajstić information content (AvgIpc) is 3.36. The van der Waals surface area contributed by atoms with Crippen LogP contribution in [0, 0.1) is 6.92 Å². The number of H-pyrrole nitrogens is 2. The standard InChI is InChI=1S/C24H20N4O2/c1-14-9-16(7-8-25-14)23-18-10-17-11-22(26-20(17)12-21(18)27-28-23)24(30)19(13-29)15-5-3-2-4-6-15/h2-12,19,27-29H,13H2,1H3/t19-/m1/s1. The quantitative estimate of drug-likeness (QED) is 0.384. The fraction of sp³-hybridized carbons (Fsp3) is 0.125. The van der Waals surface area contributed by atoms with E-state index in [-0.39, 0.29) is 12.4 Å².